The maximum absolute atomic E-state index is 11.1. The fourth-order valence-corrected chi connectivity index (χ4v) is 2.97. The number of halogens is 1. The SMILES string of the molecule is CC(C)C1CCCN(c2cc(C(=O)O)c(Cl)cn2)CC1. The number of carboxylic acids is 1. The standard InChI is InChI=1S/C15H21ClN2O2/c1-10(2)11-4-3-6-18(7-5-11)14-8-12(15(19)20)13(16)9-17-14/h8-11H,3-7H2,1-2H3,(H,19,20). The first-order valence-corrected chi connectivity index (χ1v) is 7.50. The van der Waals surface area contributed by atoms with Gasteiger partial charge in [0.15, 0.2) is 0 Å². The predicted octanol–water partition coefficient (Wildman–Crippen LogP) is 3.70. The summed E-state index contributed by atoms with van der Waals surface area (Å²) >= 11 is 5.87. The van der Waals surface area contributed by atoms with Crippen molar-refractivity contribution in [1.29, 1.82) is 0 Å². The van der Waals surface area contributed by atoms with Gasteiger partial charge in [-0.05, 0) is 37.2 Å². The summed E-state index contributed by atoms with van der Waals surface area (Å²) in [6.07, 6.45) is 4.92. The van der Waals surface area contributed by atoms with E-state index in [0.29, 0.717) is 5.92 Å². The van der Waals surface area contributed by atoms with E-state index in [0.717, 1.165) is 37.7 Å². The minimum Gasteiger partial charge on any atom is -0.478 e. The summed E-state index contributed by atoms with van der Waals surface area (Å²) in [4.78, 5) is 17.6. The second-order valence-electron chi connectivity index (χ2n) is 5.75. The second kappa shape index (κ2) is 6.44. The zero-order valence-electron chi connectivity index (χ0n) is 12.0. The number of anilines is 1. The number of aromatic nitrogens is 1. The lowest BCUT2D eigenvalue weighted by Crippen LogP contribution is -2.25. The first-order chi connectivity index (χ1) is 9.49. The fraction of sp³-hybridized carbons (Fsp3) is 0.600. The predicted molar refractivity (Wildman–Crippen MR) is 80.6 cm³/mol. The number of nitrogens with zero attached hydrogens (tertiary/aromatic N) is 2. The van der Waals surface area contributed by atoms with Crippen LogP contribution in [0.3, 0.4) is 0 Å². The Labute approximate surface area is 124 Å². The molecular weight excluding hydrogens is 276 g/mol. The van der Waals surface area contributed by atoms with Gasteiger partial charge in [-0.1, -0.05) is 25.4 Å². The summed E-state index contributed by atoms with van der Waals surface area (Å²) < 4.78 is 0. The summed E-state index contributed by atoms with van der Waals surface area (Å²) in [6, 6.07) is 1.58. The first-order valence-electron chi connectivity index (χ1n) is 7.13. The van der Waals surface area contributed by atoms with E-state index in [2.05, 4.69) is 23.7 Å². The minimum atomic E-state index is -1.01. The molecule has 20 heavy (non-hydrogen) atoms. The Morgan fingerprint density at radius 2 is 2.20 bits per heavy atom. The van der Waals surface area contributed by atoms with Crippen molar-refractivity contribution < 1.29 is 9.90 Å². The van der Waals surface area contributed by atoms with Gasteiger partial charge in [0.1, 0.15) is 5.82 Å². The van der Waals surface area contributed by atoms with Crippen molar-refractivity contribution in [2.45, 2.75) is 33.1 Å². The monoisotopic (exact) mass is 296 g/mol. The van der Waals surface area contributed by atoms with Crippen LogP contribution in [0.25, 0.3) is 0 Å². The molecule has 0 aromatic carbocycles. The van der Waals surface area contributed by atoms with E-state index < -0.39 is 5.97 Å². The van der Waals surface area contributed by atoms with Crippen molar-refractivity contribution in [1.82, 2.24) is 4.98 Å². The van der Waals surface area contributed by atoms with Gasteiger partial charge in [0, 0.05) is 19.3 Å². The number of hydrogen-bond acceptors (Lipinski definition) is 3. The summed E-state index contributed by atoms with van der Waals surface area (Å²) in [5.41, 5.74) is 0.126. The van der Waals surface area contributed by atoms with E-state index in [1.807, 2.05) is 0 Å². The molecule has 0 amide bonds. The van der Waals surface area contributed by atoms with Crippen LogP contribution < -0.4 is 4.90 Å². The summed E-state index contributed by atoms with van der Waals surface area (Å²) in [5.74, 6) is 1.15. The smallest absolute Gasteiger partial charge is 0.337 e. The van der Waals surface area contributed by atoms with Gasteiger partial charge in [-0.15, -0.1) is 0 Å². The number of carboxylic acid groups (broad SMARTS) is 1. The van der Waals surface area contributed by atoms with E-state index >= 15 is 0 Å². The van der Waals surface area contributed by atoms with Gasteiger partial charge < -0.3 is 10.0 Å². The van der Waals surface area contributed by atoms with E-state index in [-0.39, 0.29) is 10.6 Å². The summed E-state index contributed by atoms with van der Waals surface area (Å²) in [7, 11) is 0. The molecular formula is C15H21ClN2O2. The topological polar surface area (TPSA) is 53.4 Å². The molecule has 2 rings (SSSR count). The highest BCUT2D eigenvalue weighted by atomic mass is 35.5. The first kappa shape index (κ1) is 15.1. The Morgan fingerprint density at radius 3 is 2.85 bits per heavy atom. The van der Waals surface area contributed by atoms with Gasteiger partial charge in [0.25, 0.3) is 0 Å². The van der Waals surface area contributed by atoms with Crippen molar-refractivity contribution in [2.24, 2.45) is 11.8 Å². The van der Waals surface area contributed by atoms with Crippen molar-refractivity contribution in [3.8, 4) is 0 Å². The fourth-order valence-electron chi connectivity index (χ4n) is 2.78. The summed E-state index contributed by atoms with van der Waals surface area (Å²) in [6.45, 7) is 6.39. The Balaban J connectivity index is 2.15. The normalized spacial score (nSPS) is 20.0. The van der Waals surface area contributed by atoms with Crippen LogP contribution in [-0.4, -0.2) is 29.1 Å². The molecule has 2 heterocycles. The van der Waals surface area contributed by atoms with Crippen LogP contribution in [0, 0.1) is 11.8 Å². The van der Waals surface area contributed by atoms with E-state index in [1.165, 1.54) is 12.6 Å². The molecule has 1 aliphatic heterocycles. The maximum Gasteiger partial charge on any atom is 0.337 e. The van der Waals surface area contributed by atoms with E-state index in [4.69, 9.17) is 16.7 Å². The zero-order chi connectivity index (χ0) is 14.7. The van der Waals surface area contributed by atoms with E-state index in [9.17, 15) is 4.79 Å². The molecule has 5 heteroatoms. The molecule has 0 spiro atoms. The third-order valence-electron chi connectivity index (χ3n) is 4.11. The van der Waals surface area contributed by atoms with Gasteiger partial charge in [-0.3, -0.25) is 0 Å². The van der Waals surface area contributed by atoms with Crippen molar-refractivity contribution in [3.63, 3.8) is 0 Å². The van der Waals surface area contributed by atoms with Crippen molar-refractivity contribution >= 4 is 23.4 Å². The van der Waals surface area contributed by atoms with Gasteiger partial charge >= 0.3 is 5.97 Å². The van der Waals surface area contributed by atoms with E-state index in [1.54, 1.807) is 6.07 Å². The highest BCUT2D eigenvalue weighted by Crippen LogP contribution is 2.28. The Kier molecular flexibility index (Phi) is 4.86. The second-order valence-corrected chi connectivity index (χ2v) is 6.16. The third-order valence-corrected chi connectivity index (χ3v) is 4.41. The Bertz CT molecular complexity index is 491. The molecule has 4 nitrogen and oxygen atoms in total. The summed E-state index contributed by atoms with van der Waals surface area (Å²) in [5, 5.41) is 9.32. The minimum absolute atomic E-state index is 0.126. The molecule has 110 valence electrons. The number of aromatic carboxylic acids is 1. The van der Waals surface area contributed by atoms with Gasteiger partial charge in [0.2, 0.25) is 0 Å². The Hall–Kier alpha value is -1.29. The zero-order valence-corrected chi connectivity index (χ0v) is 12.7. The average Bonchev–Trinajstić information content (AvgIpc) is 2.64. The number of pyridine rings is 1. The van der Waals surface area contributed by atoms with Crippen LogP contribution in [0.15, 0.2) is 12.3 Å². The molecule has 1 aliphatic rings. The van der Waals surface area contributed by atoms with Crippen LogP contribution in [0.2, 0.25) is 5.02 Å². The lowest BCUT2D eigenvalue weighted by atomic mass is 9.89. The molecule has 1 atom stereocenters. The van der Waals surface area contributed by atoms with Crippen LogP contribution in [0.5, 0.6) is 0 Å². The van der Waals surface area contributed by atoms with Gasteiger partial charge in [0.05, 0.1) is 10.6 Å². The third kappa shape index (κ3) is 3.42. The molecule has 1 aromatic heterocycles. The lowest BCUT2D eigenvalue weighted by molar-refractivity contribution is 0.0697. The molecule has 0 saturated carbocycles. The molecule has 1 fully saturated rings. The van der Waals surface area contributed by atoms with Crippen LogP contribution in [-0.2, 0) is 0 Å². The largest absolute Gasteiger partial charge is 0.478 e. The van der Waals surface area contributed by atoms with Crippen LogP contribution >= 0.6 is 11.6 Å². The number of carbonyl (C=O) groups is 1. The van der Waals surface area contributed by atoms with Gasteiger partial charge in [-0.25, -0.2) is 9.78 Å². The highest BCUT2D eigenvalue weighted by molar-refractivity contribution is 6.33. The van der Waals surface area contributed by atoms with Gasteiger partial charge in [-0.2, -0.15) is 0 Å². The highest BCUT2D eigenvalue weighted by Gasteiger charge is 2.21. The van der Waals surface area contributed by atoms with Crippen LogP contribution in [0.1, 0.15) is 43.5 Å². The molecule has 0 aliphatic carbocycles. The number of rotatable bonds is 3. The molecule has 0 radical (unpaired) electrons. The Morgan fingerprint density at radius 1 is 1.45 bits per heavy atom. The van der Waals surface area contributed by atoms with Crippen molar-refractivity contribution in [3.05, 3.63) is 22.8 Å². The molecule has 1 N–H and O–H groups in total. The molecule has 1 unspecified atom stereocenters. The maximum atomic E-state index is 11.1. The molecule has 0 bridgehead atoms. The molecule has 1 aromatic rings. The lowest BCUT2D eigenvalue weighted by Gasteiger charge is -2.22. The molecule has 1 saturated heterocycles. The number of hydrogen-bond donors (Lipinski definition) is 1. The van der Waals surface area contributed by atoms with Crippen molar-refractivity contribution in [2.75, 3.05) is 18.0 Å². The van der Waals surface area contributed by atoms with Crippen LogP contribution in [0.4, 0.5) is 5.82 Å². The quantitative estimate of drug-likeness (QED) is 0.924. The average molecular weight is 297 g/mol.